The lowest BCUT2D eigenvalue weighted by Crippen LogP contribution is -2.41. The van der Waals surface area contributed by atoms with Crippen LogP contribution in [0.4, 0.5) is 86.8 Å². The van der Waals surface area contributed by atoms with Gasteiger partial charge in [-0.1, -0.05) is 48.5 Å². The first-order valence-electron chi connectivity index (χ1n) is 39.6. The van der Waals surface area contributed by atoms with Crippen LogP contribution in [0.2, 0.25) is 0 Å². The average Bonchev–Trinajstić information content (AvgIpc) is 1.64. The van der Waals surface area contributed by atoms with Crippen LogP contribution in [-0.4, -0.2) is 132 Å². The van der Waals surface area contributed by atoms with Crippen molar-refractivity contribution in [3.8, 4) is 51.7 Å². The molecule has 16 rings (SSSR count). The van der Waals surface area contributed by atoms with E-state index in [1.54, 1.807) is 0 Å². The maximum absolute atomic E-state index is 16.1. The van der Waals surface area contributed by atoms with Gasteiger partial charge in [-0.15, -0.1) is 0 Å². The van der Waals surface area contributed by atoms with Crippen molar-refractivity contribution in [3.05, 3.63) is 336 Å². The second-order valence-corrected chi connectivity index (χ2v) is 32.1. The number of halogens is 12. The van der Waals surface area contributed by atoms with E-state index in [9.17, 15) is 93.3 Å². The van der Waals surface area contributed by atoms with Crippen molar-refractivity contribution in [1.82, 2.24) is 0 Å². The van der Waals surface area contributed by atoms with Crippen LogP contribution in [-0.2, 0) is 26.5 Å². The van der Waals surface area contributed by atoms with E-state index in [2.05, 4.69) is 10.6 Å². The van der Waals surface area contributed by atoms with E-state index >= 15 is 52.7 Å². The molecule has 9 N–H and O–H groups in total. The summed E-state index contributed by atoms with van der Waals surface area (Å²) >= 11 is 0. The molecule has 4 heterocycles. The first-order chi connectivity index (χ1) is 63.4. The minimum Gasteiger partial charge on any atom is -0.506 e. The third-order valence-corrected chi connectivity index (χ3v) is 24.7. The second kappa shape index (κ2) is 32.1. The fraction of sp³-hybridized carbons (Fsp3) is 0.125. The molecule has 12 aromatic rings. The summed E-state index contributed by atoms with van der Waals surface area (Å²) in [4.78, 5) is 164. The van der Waals surface area contributed by atoms with Gasteiger partial charge in [0.15, 0.2) is 0 Å². The van der Waals surface area contributed by atoms with Gasteiger partial charge in [-0.25, -0.2) is 24.4 Å². The Labute approximate surface area is 750 Å². The van der Waals surface area contributed by atoms with Gasteiger partial charge in [0.1, 0.15) is 73.4 Å². The number of ether oxygens (including phenoxy) is 2. The maximum atomic E-state index is 16.1. The number of carboxylic acids is 1. The van der Waals surface area contributed by atoms with E-state index in [-0.39, 0.29) is 61.3 Å². The summed E-state index contributed by atoms with van der Waals surface area (Å²) in [6.45, 7) is 2.58. The van der Waals surface area contributed by atoms with Crippen LogP contribution >= 0.6 is 0 Å². The summed E-state index contributed by atoms with van der Waals surface area (Å²) in [6.07, 6.45) is -21.5. The molecule has 0 fully saturated rings. The fourth-order valence-corrected chi connectivity index (χ4v) is 16.5. The molecule has 4 unspecified atom stereocenters. The van der Waals surface area contributed by atoms with E-state index < -0.39 is 258 Å². The Morgan fingerprint density at radius 2 is 0.511 bits per heavy atom. The molecule has 4 atom stereocenters. The van der Waals surface area contributed by atoms with E-state index in [4.69, 9.17) is 9.47 Å². The number of hydrogen-bond donors (Lipinski definition) is 9. The predicted molar refractivity (Wildman–Crippen MR) is 452 cm³/mol. The van der Waals surface area contributed by atoms with Crippen molar-refractivity contribution in [2.75, 3.05) is 30.2 Å². The summed E-state index contributed by atoms with van der Waals surface area (Å²) in [6, 6.07) is 33.9. The van der Waals surface area contributed by atoms with E-state index in [0.717, 1.165) is 134 Å². The quantitative estimate of drug-likeness (QED) is 0.0140. The molecule has 12 aromatic carbocycles. The molecular formula is C96H60F12N6O21. The molecule has 0 saturated carbocycles. The third kappa shape index (κ3) is 14.7. The number of nitrogens with zero attached hydrogens (tertiary/aromatic N) is 4. The first kappa shape index (κ1) is 91.2. The molecule has 0 aromatic heterocycles. The van der Waals surface area contributed by atoms with Crippen molar-refractivity contribution in [3.63, 3.8) is 0 Å². The van der Waals surface area contributed by atoms with Crippen LogP contribution in [0.3, 0.4) is 0 Å². The monoisotopic (exact) mass is 1860 g/mol. The minimum atomic E-state index is -5.47. The number of hydrogen-bond acceptors (Lipinski definition) is 20. The van der Waals surface area contributed by atoms with Crippen molar-refractivity contribution in [2.24, 2.45) is 0 Å². The summed E-state index contributed by atoms with van der Waals surface area (Å²) in [7, 11) is 0. The van der Waals surface area contributed by atoms with E-state index in [1.165, 1.54) is 54.6 Å². The molecule has 27 nitrogen and oxygen atoms in total. The number of aromatic hydroxyl groups is 6. The van der Waals surface area contributed by atoms with Gasteiger partial charge in [-0.05, 0) is 254 Å². The number of aromatic carboxylic acids is 1. The molecule has 0 spiro atoms. The molecule has 4 aliphatic heterocycles. The number of anilines is 6. The molecule has 0 saturated heterocycles. The number of phenols is 6. The number of alkyl halides is 12. The summed E-state index contributed by atoms with van der Waals surface area (Å²) in [5.74, 6) is -18.9. The number of nitrogens with one attached hydrogen (secondary N) is 2. The molecule has 39 heteroatoms. The van der Waals surface area contributed by atoms with Crippen LogP contribution in [0.15, 0.2) is 231 Å². The zero-order valence-corrected chi connectivity index (χ0v) is 69.2. The number of imide groups is 4. The molecular weight excluding hydrogens is 1800 g/mol. The van der Waals surface area contributed by atoms with E-state index in [1.807, 2.05) is 0 Å². The highest BCUT2D eigenvalue weighted by Crippen LogP contribution is 2.56. The van der Waals surface area contributed by atoms with Gasteiger partial charge in [0.2, 0.25) is 0 Å². The Morgan fingerprint density at radius 3 is 0.800 bits per heavy atom. The number of rotatable bonds is 21. The summed E-state index contributed by atoms with van der Waals surface area (Å²) in [5.41, 5.74) is -28.5. The molecule has 0 radical (unpaired) electrons. The molecule has 135 heavy (non-hydrogen) atoms. The van der Waals surface area contributed by atoms with Crippen LogP contribution in [0, 0.1) is 0 Å². The second-order valence-electron chi connectivity index (χ2n) is 32.1. The molecule has 4 aliphatic rings. The van der Waals surface area contributed by atoms with Crippen LogP contribution in [0.25, 0.3) is 0 Å². The topological polar surface area (TPSA) is 402 Å². The highest BCUT2D eigenvalue weighted by Gasteiger charge is 2.60. The zero-order chi connectivity index (χ0) is 97.7. The van der Waals surface area contributed by atoms with Crippen molar-refractivity contribution in [1.29, 1.82) is 0 Å². The van der Waals surface area contributed by atoms with Crippen molar-refractivity contribution < 1.29 is 155 Å². The van der Waals surface area contributed by atoms with Crippen LogP contribution in [0.1, 0.15) is 186 Å². The highest BCUT2D eigenvalue weighted by atomic mass is 19.4. The zero-order valence-electron chi connectivity index (χ0n) is 69.2. The number of phenolic OH excluding ortho intramolecular Hbond substituents is 6. The normalized spacial score (nSPS) is 15.6. The SMILES string of the molecule is CC(c1ccc2c(c1)C(=O)N(c1cc(C(C)(c3ccc(O)c(NC(=O)c4ccc(Oc5ccc(C(=O)Nc6cc(C(C)(c7ccc(O)c(N8C(=O)c9ccc(OC=O)cc9C8=O)c7)C(F)(F)F)ccc6O)cc5)cc4)c3)C(F)(F)F)ccc1O)C2=O)(c1ccc2c(c1)C(=O)N(c1cc(C(C)(c3ccc(O)c(N4C(=O)c5ccc(C(=O)O)cc5C4=O)c3)C(F)(F)F)ccc1O)C2=O)C(F)(F)F. The number of benzene rings is 12. The van der Waals surface area contributed by atoms with Gasteiger partial charge in [-0.2, -0.15) is 52.7 Å². The Kier molecular flexibility index (Phi) is 21.7. The van der Waals surface area contributed by atoms with Gasteiger partial charge >= 0.3 is 30.7 Å². The summed E-state index contributed by atoms with van der Waals surface area (Å²) < 4.78 is 201. The third-order valence-electron chi connectivity index (χ3n) is 24.7. The minimum absolute atomic E-state index is 0.0441. The number of carbonyl (C=O) groups is 12. The van der Waals surface area contributed by atoms with Gasteiger partial charge in [0.25, 0.3) is 65.5 Å². The van der Waals surface area contributed by atoms with Gasteiger partial charge < -0.3 is 55.9 Å². The van der Waals surface area contributed by atoms with Gasteiger partial charge in [-0.3, -0.25) is 52.7 Å². The number of carboxylic acid groups (broad SMARTS) is 1. The first-order valence-corrected chi connectivity index (χ1v) is 39.6. The Balaban J connectivity index is 0.599. The smallest absolute Gasteiger partial charge is 0.402 e. The number of carbonyl (C=O) groups excluding carboxylic acids is 11. The van der Waals surface area contributed by atoms with Gasteiger partial charge in [0, 0.05) is 11.1 Å². The number of fused-ring (bicyclic) bond motifs is 4. The molecule has 0 aliphatic carbocycles. The molecule has 10 amide bonds. The van der Waals surface area contributed by atoms with Crippen molar-refractivity contribution in [2.45, 2.75) is 74.1 Å². The Morgan fingerprint density at radius 1 is 0.281 bits per heavy atom. The Bertz CT molecular complexity index is 7240. The largest absolute Gasteiger partial charge is 0.506 e. The fourth-order valence-electron chi connectivity index (χ4n) is 16.5. The van der Waals surface area contributed by atoms with Crippen LogP contribution < -0.4 is 39.7 Å². The standard InChI is InChI=1S/C96H60F12N6O21/c1-89(93(97,98)99,48-11-25-60-64(35-48)86(130)113(82(60)126)70-41-54(17-32-76(70)120)92(4,96(106,107)108)53-16-31-74(118)68(40-53)111-80(124)58-23-9-46(88(132)133)33-62(58)84(111)128)47-10-24-59-63(34-47)85(129)112(81(59)125)69-38-51(14-29-75(69)119)90(2,94(100,101)102)49-12-27-72(116)66(36-49)109-78(122)44-5-18-55(19-6-44)135-56-20-7-45(8-21-56)79(123)110-67-37-50(13-28-73(67)117)91(3,95(103,104)105)52-15-30-77(121)71(39-52)114-83(127)61-26-22-57(134-43-115)42-65(61)87(114)131/h5-43,116-121H,1-4H3,(H,109,122)(H,110,123)(H,132,133). The lowest BCUT2D eigenvalue weighted by atomic mass is 9.74. The lowest BCUT2D eigenvalue weighted by molar-refractivity contribution is -0.173. The van der Waals surface area contributed by atoms with E-state index in [0.29, 0.717) is 79.1 Å². The highest BCUT2D eigenvalue weighted by molar-refractivity contribution is 6.38. The molecule has 684 valence electrons. The lowest BCUT2D eigenvalue weighted by Gasteiger charge is -2.34. The average molecular weight is 1860 g/mol. The number of amides is 10. The van der Waals surface area contributed by atoms with Gasteiger partial charge in [0.05, 0.1) is 84.2 Å². The predicted octanol–water partition coefficient (Wildman–Crippen LogP) is 18.1. The van der Waals surface area contributed by atoms with Crippen molar-refractivity contribution >= 4 is 106 Å². The maximum Gasteiger partial charge on any atom is 0.402 e. The Hall–Kier alpha value is -17.2. The summed E-state index contributed by atoms with van der Waals surface area (Å²) in [5, 5.41) is 80.6. The molecule has 0 bridgehead atoms. The van der Waals surface area contributed by atoms with Crippen LogP contribution in [0.5, 0.6) is 51.7 Å².